The first-order valence-electron chi connectivity index (χ1n) is 5.90. The maximum Gasteiger partial charge on any atom is 0.261 e. The number of carbonyl (C=O) groups excluding carboxylic acids is 1. The Hall–Kier alpha value is -1.88. The lowest BCUT2D eigenvalue weighted by Gasteiger charge is -2.06. The third-order valence-electron chi connectivity index (χ3n) is 2.70. The molecule has 100 valence electrons. The highest BCUT2D eigenvalue weighted by molar-refractivity contribution is 6.07. The highest BCUT2D eigenvalue weighted by Crippen LogP contribution is 2.18. The second kappa shape index (κ2) is 6.33. The summed E-state index contributed by atoms with van der Waals surface area (Å²) in [5, 5.41) is 1.69. The molecule has 1 heterocycles. The van der Waals surface area contributed by atoms with Crippen LogP contribution in [-0.4, -0.2) is 30.4 Å². The van der Waals surface area contributed by atoms with E-state index in [-0.39, 0.29) is 18.8 Å². The van der Waals surface area contributed by atoms with Crippen LogP contribution in [0, 0.1) is 0 Å². The van der Waals surface area contributed by atoms with E-state index in [1.165, 1.54) is 0 Å². The van der Waals surface area contributed by atoms with Crippen molar-refractivity contribution in [1.29, 1.82) is 0 Å². The van der Waals surface area contributed by atoms with Crippen molar-refractivity contribution in [3.63, 3.8) is 0 Å². The third-order valence-corrected chi connectivity index (χ3v) is 2.70. The molecule has 0 N–H and O–H groups in total. The fourth-order valence-electron chi connectivity index (χ4n) is 1.84. The standard InChI is InChI=1S/C14H13F2NO2/c15-14(16)9-19-7-5-13(18)12-3-1-2-10-8-17-6-4-11(10)12/h1-4,6,8,14H,5,7,9H2. The molecule has 19 heavy (non-hydrogen) atoms. The van der Waals surface area contributed by atoms with E-state index in [1.54, 1.807) is 30.6 Å². The summed E-state index contributed by atoms with van der Waals surface area (Å²) in [5.41, 5.74) is 0.570. The molecular formula is C14H13F2NO2. The summed E-state index contributed by atoms with van der Waals surface area (Å²) in [4.78, 5) is 16.0. The second-order valence-corrected chi connectivity index (χ2v) is 4.04. The number of fused-ring (bicyclic) bond motifs is 1. The quantitative estimate of drug-likeness (QED) is 0.595. The number of hydrogen-bond donors (Lipinski definition) is 0. The Bertz CT molecular complexity index is 567. The minimum Gasteiger partial charge on any atom is -0.375 e. The Morgan fingerprint density at radius 2 is 2.16 bits per heavy atom. The highest BCUT2D eigenvalue weighted by atomic mass is 19.3. The number of alkyl halides is 2. The summed E-state index contributed by atoms with van der Waals surface area (Å²) in [7, 11) is 0. The van der Waals surface area contributed by atoms with E-state index in [4.69, 9.17) is 4.74 Å². The van der Waals surface area contributed by atoms with E-state index in [1.807, 2.05) is 6.07 Å². The minimum atomic E-state index is -2.50. The summed E-state index contributed by atoms with van der Waals surface area (Å²) < 4.78 is 28.5. The van der Waals surface area contributed by atoms with Gasteiger partial charge < -0.3 is 4.74 Å². The van der Waals surface area contributed by atoms with E-state index in [2.05, 4.69) is 4.98 Å². The summed E-state index contributed by atoms with van der Waals surface area (Å²) >= 11 is 0. The van der Waals surface area contributed by atoms with Gasteiger partial charge in [0.1, 0.15) is 6.61 Å². The molecule has 0 bridgehead atoms. The largest absolute Gasteiger partial charge is 0.375 e. The van der Waals surface area contributed by atoms with Crippen LogP contribution in [0.15, 0.2) is 36.7 Å². The number of halogens is 2. The first kappa shape index (κ1) is 13.5. The second-order valence-electron chi connectivity index (χ2n) is 4.04. The van der Waals surface area contributed by atoms with Crippen molar-refractivity contribution in [3.05, 3.63) is 42.2 Å². The molecule has 0 radical (unpaired) electrons. The number of rotatable bonds is 6. The Morgan fingerprint density at radius 1 is 1.32 bits per heavy atom. The number of aromatic nitrogens is 1. The van der Waals surface area contributed by atoms with Gasteiger partial charge in [0.2, 0.25) is 0 Å². The van der Waals surface area contributed by atoms with Crippen molar-refractivity contribution in [1.82, 2.24) is 4.98 Å². The zero-order chi connectivity index (χ0) is 13.7. The van der Waals surface area contributed by atoms with Crippen molar-refractivity contribution in [2.24, 2.45) is 0 Å². The first-order chi connectivity index (χ1) is 9.18. The summed E-state index contributed by atoms with van der Waals surface area (Å²) in [6.07, 6.45) is 0.888. The number of ketones is 1. The number of nitrogens with zero attached hydrogens (tertiary/aromatic N) is 1. The van der Waals surface area contributed by atoms with Crippen LogP contribution in [0.1, 0.15) is 16.8 Å². The molecule has 0 amide bonds. The molecule has 0 unspecified atom stereocenters. The number of ether oxygens (including phenoxy) is 1. The molecule has 2 aromatic rings. The van der Waals surface area contributed by atoms with E-state index in [0.29, 0.717) is 5.56 Å². The van der Waals surface area contributed by atoms with Gasteiger partial charge >= 0.3 is 0 Å². The van der Waals surface area contributed by atoms with Crippen LogP contribution in [0.25, 0.3) is 10.8 Å². The monoisotopic (exact) mass is 265 g/mol. The minimum absolute atomic E-state index is 0.00461. The predicted molar refractivity (Wildman–Crippen MR) is 67.5 cm³/mol. The van der Waals surface area contributed by atoms with Crippen LogP contribution in [0.3, 0.4) is 0 Å². The van der Waals surface area contributed by atoms with Crippen LogP contribution in [0.4, 0.5) is 8.78 Å². The number of Topliss-reactive ketones (excluding diaryl/α,β-unsaturated/α-hetero) is 1. The van der Waals surface area contributed by atoms with Crippen LogP contribution in [0.2, 0.25) is 0 Å². The maximum absolute atomic E-state index is 12.0. The maximum atomic E-state index is 12.0. The Labute approximate surface area is 109 Å². The van der Waals surface area contributed by atoms with E-state index in [0.717, 1.165) is 10.8 Å². The summed E-state index contributed by atoms with van der Waals surface area (Å²) in [5.74, 6) is -0.119. The fraction of sp³-hybridized carbons (Fsp3) is 0.286. The molecule has 1 aromatic heterocycles. The number of carbonyl (C=O) groups is 1. The van der Waals surface area contributed by atoms with Crippen molar-refractivity contribution in [2.45, 2.75) is 12.8 Å². The molecule has 3 nitrogen and oxygen atoms in total. The molecule has 1 aromatic carbocycles. The lowest BCUT2D eigenvalue weighted by Crippen LogP contribution is -2.09. The van der Waals surface area contributed by atoms with Gasteiger partial charge in [-0.25, -0.2) is 8.78 Å². The predicted octanol–water partition coefficient (Wildman–Crippen LogP) is 3.09. The lowest BCUT2D eigenvalue weighted by molar-refractivity contribution is 0.0170. The Morgan fingerprint density at radius 3 is 2.95 bits per heavy atom. The van der Waals surface area contributed by atoms with Gasteiger partial charge in [-0.1, -0.05) is 18.2 Å². The van der Waals surface area contributed by atoms with Gasteiger partial charge in [0, 0.05) is 29.8 Å². The van der Waals surface area contributed by atoms with Gasteiger partial charge in [0.25, 0.3) is 6.43 Å². The zero-order valence-corrected chi connectivity index (χ0v) is 10.2. The normalized spacial score (nSPS) is 11.1. The smallest absolute Gasteiger partial charge is 0.261 e. The molecule has 2 rings (SSSR count). The average Bonchev–Trinajstić information content (AvgIpc) is 2.42. The number of hydrogen-bond acceptors (Lipinski definition) is 3. The average molecular weight is 265 g/mol. The number of pyridine rings is 1. The van der Waals surface area contributed by atoms with Crippen molar-refractivity contribution < 1.29 is 18.3 Å². The first-order valence-corrected chi connectivity index (χ1v) is 5.90. The molecule has 0 aliphatic heterocycles. The summed E-state index contributed by atoms with van der Waals surface area (Å²) in [6, 6.07) is 7.13. The Balaban J connectivity index is 2.05. The zero-order valence-electron chi connectivity index (χ0n) is 10.2. The van der Waals surface area contributed by atoms with Gasteiger partial charge in [-0.15, -0.1) is 0 Å². The molecule has 0 saturated heterocycles. The molecule has 0 aliphatic carbocycles. The Kier molecular flexibility index (Phi) is 4.52. The van der Waals surface area contributed by atoms with Crippen LogP contribution >= 0.6 is 0 Å². The molecule has 0 atom stereocenters. The third kappa shape index (κ3) is 3.54. The molecule has 5 heteroatoms. The molecule has 0 spiro atoms. The van der Waals surface area contributed by atoms with Gasteiger partial charge in [-0.3, -0.25) is 9.78 Å². The van der Waals surface area contributed by atoms with Gasteiger partial charge in [-0.2, -0.15) is 0 Å². The van der Waals surface area contributed by atoms with Crippen LogP contribution in [-0.2, 0) is 4.74 Å². The van der Waals surface area contributed by atoms with E-state index in [9.17, 15) is 13.6 Å². The van der Waals surface area contributed by atoms with Crippen LogP contribution in [0.5, 0.6) is 0 Å². The molecule has 0 fully saturated rings. The molecule has 0 saturated carbocycles. The molecular weight excluding hydrogens is 252 g/mol. The van der Waals surface area contributed by atoms with E-state index >= 15 is 0 Å². The lowest BCUT2D eigenvalue weighted by atomic mass is 10.0. The van der Waals surface area contributed by atoms with Crippen LogP contribution < -0.4 is 0 Å². The molecule has 0 aliphatic rings. The van der Waals surface area contributed by atoms with Gasteiger partial charge in [-0.05, 0) is 11.5 Å². The fourth-order valence-corrected chi connectivity index (χ4v) is 1.84. The summed E-state index contributed by atoms with van der Waals surface area (Å²) in [6.45, 7) is -0.628. The van der Waals surface area contributed by atoms with E-state index < -0.39 is 13.0 Å². The van der Waals surface area contributed by atoms with Crippen molar-refractivity contribution in [2.75, 3.05) is 13.2 Å². The number of benzene rings is 1. The topological polar surface area (TPSA) is 39.2 Å². The highest BCUT2D eigenvalue weighted by Gasteiger charge is 2.10. The van der Waals surface area contributed by atoms with Crippen molar-refractivity contribution >= 4 is 16.6 Å². The SMILES string of the molecule is O=C(CCOCC(F)F)c1cccc2cnccc12. The van der Waals surface area contributed by atoms with Gasteiger partial charge in [0.05, 0.1) is 6.61 Å². The van der Waals surface area contributed by atoms with Gasteiger partial charge in [0.15, 0.2) is 5.78 Å². The van der Waals surface area contributed by atoms with Crippen molar-refractivity contribution in [3.8, 4) is 0 Å².